The van der Waals surface area contributed by atoms with Gasteiger partial charge in [0, 0.05) is 41.9 Å². The lowest BCUT2D eigenvalue weighted by Crippen LogP contribution is -2.37. The summed E-state index contributed by atoms with van der Waals surface area (Å²) >= 11 is 0. The Kier molecular flexibility index (Phi) is 4.72. The van der Waals surface area contributed by atoms with Crippen molar-refractivity contribution in [2.75, 3.05) is 13.6 Å². The lowest BCUT2D eigenvalue weighted by atomic mass is 10.0. The van der Waals surface area contributed by atoms with Crippen LogP contribution in [0.3, 0.4) is 0 Å². The van der Waals surface area contributed by atoms with E-state index in [0.717, 1.165) is 0 Å². The standard InChI is InChI=1S/C23H18FN3O3/c1-27-11-10-23(30,22(27)29)9-8-14-4-2-5-15(12-14)19-13-17-16(6-3-7-18(17)24)20(26-19)21(25)28/h2-7,12-13,30H,10-11H2,1H3,(H2,25,28)/t23-/m0/s1. The molecule has 1 fully saturated rings. The van der Waals surface area contributed by atoms with E-state index in [0.29, 0.717) is 28.8 Å². The summed E-state index contributed by atoms with van der Waals surface area (Å²) < 4.78 is 14.3. The number of hydrogen-bond acceptors (Lipinski definition) is 4. The second-order valence-corrected chi connectivity index (χ2v) is 7.22. The Morgan fingerprint density at radius 1 is 1.23 bits per heavy atom. The van der Waals surface area contributed by atoms with Crippen LogP contribution in [0.4, 0.5) is 4.39 Å². The maximum atomic E-state index is 14.3. The van der Waals surface area contributed by atoms with Crippen LogP contribution in [0.5, 0.6) is 0 Å². The minimum absolute atomic E-state index is 0.0209. The van der Waals surface area contributed by atoms with Crippen LogP contribution in [-0.2, 0) is 4.79 Å². The van der Waals surface area contributed by atoms with Gasteiger partial charge < -0.3 is 15.7 Å². The molecule has 6 nitrogen and oxygen atoms in total. The number of amides is 2. The molecular formula is C23H18FN3O3. The van der Waals surface area contributed by atoms with Crippen LogP contribution in [0, 0.1) is 17.7 Å². The highest BCUT2D eigenvalue weighted by atomic mass is 19.1. The summed E-state index contributed by atoms with van der Waals surface area (Å²) in [7, 11) is 1.61. The summed E-state index contributed by atoms with van der Waals surface area (Å²) in [6, 6.07) is 12.8. The number of nitrogens with zero attached hydrogens (tertiary/aromatic N) is 2. The van der Waals surface area contributed by atoms with Gasteiger partial charge in [-0.2, -0.15) is 0 Å². The summed E-state index contributed by atoms with van der Waals surface area (Å²) in [5.74, 6) is 3.83. The fourth-order valence-corrected chi connectivity index (χ4v) is 3.48. The zero-order chi connectivity index (χ0) is 21.5. The van der Waals surface area contributed by atoms with Crippen molar-refractivity contribution in [3.8, 4) is 23.1 Å². The highest BCUT2D eigenvalue weighted by molar-refractivity contribution is 6.05. The Bertz CT molecular complexity index is 1260. The van der Waals surface area contributed by atoms with Gasteiger partial charge in [0.2, 0.25) is 5.60 Å². The number of carbonyl (C=O) groups is 2. The normalized spacial score (nSPS) is 18.4. The lowest BCUT2D eigenvalue weighted by Gasteiger charge is -2.13. The van der Waals surface area contributed by atoms with E-state index in [1.165, 1.54) is 17.0 Å². The van der Waals surface area contributed by atoms with Gasteiger partial charge in [0.1, 0.15) is 11.5 Å². The number of likely N-dealkylation sites (tertiary alicyclic amines) is 1. The molecule has 0 saturated carbocycles. The number of fused-ring (bicyclic) bond motifs is 1. The van der Waals surface area contributed by atoms with Crippen molar-refractivity contribution in [3.63, 3.8) is 0 Å². The summed E-state index contributed by atoms with van der Waals surface area (Å²) in [4.78, 5) is 29.7. The largest absolute Gasteiger partial charge is 0.369 e. The van der Waals surface area contributed by atoms with E-state index in [9.17, 15) is 19.1 Å². The minimum Gasteiger partial charge on any atom is -0.369 e. The number of aliphatic hydroxyl groups is 1. The molecule has 3 N–H and O–H groups in total. The molecule has 1 aliphatic heterocycles. The van der Waals surface area contributed by atoms with Crippen LogP contribution in [0.1, 0.15) is 22.5 Å². The van der Waals surface area contributed by atoms with Gasteiger partial charge in [-0.05, 0) is 24.3 Å². The van der Waals surface area contributed by atoms with E-state index in [4.69, 9.17) is 5.73 Å². The van der Waals surface area contributed by atoms with Gasteiger partial charge in [-0.1, -0.05) is 36.1 Å². The maximum absolute atomic E-state index is 14.3. The van der Waals surface area contributed by atoms with Gasteiger partial charge in [-0.3, -0.25) is 9.59 Å². The summed E-state index contributed by atoms with van der Waals surface area (Å²) in [6.07, 6.45) is 0.239. The van der Waals surface area contributed by atoms with E-state index in [1.807, 2.05) is 0 Å². The zero-order valence-corrected chi connectivity index (χ0v) is 16.1. The first kappa shape index (κ1) is 19.6. The molecule has 2 amide bonds. The van der Waals surface area contributed by atoms with Gasteiger partial charge in [0.25, 0.3) is 11.8 Å². The molecule has 1 aliphatic rings. The Morgan fingerprint density at radius 2 is 2.00 bits per heavy atom. The predicted molar refractivity (Wildman–Crippen MR) is 110 cm³/mol. The van der Waals surface area contributed by atoms with Crippen molar-refractivity contribution in [1.82, 2.24) is 9.88 Å². The van der Waals surface area contributed by atoms with Crippen LogP contribution in [0.2, 0.25) is 0 Å². The highest BCUT2D eigenvalue weighted by Gasteiger charge is 2.42. The van der Waals surface area contributed by atoms with E-state index in [1.54, 1.807) is 43.4 Å². The first-order valence-corrected chi connectivity index (χ1v) is 9.29. The van der Waals surface area contributed by atoms with Gasteiger partial charge in [-0.15, -0.1) is 0 Å². The van der Waals surface area contributed by atoms with E-state index < -0.39 is 23.2 Å². The zero-order valence-electron chi connectivity index (χ0n) is 16.1. The van der Waals surface area contributed by atoms with Crippen molar-refractivity contribution in [2.24, 2.45) is 5.73 Å². The number of likely N-dealkylation sites (N-methyl/N-ethyl adjacent to an activating group) is 1. The number of hydrogen-bond donors (Lipinski definition) is 2. The van der Waals surface area contributed by atoms with Crippen molar-refractivity contribution >= 4 is 22.6 Å². The number of aromatic nitrogens is 1. The minimum atomic E-state index is -1.70. The van der Waals surface area contributed by atoms with Crippen LogP contribution < -0.4 is 5.73 Å². The number of rotatable bonds is 2. The predicted octanol–water partition coefficient (Wildman–Crippen LogP) is 2.08. The molecule has 0 bridgehead atoms. The first-order valence-electron chi connectivity index (χ1n) is 9.29. The fraction of sp³-hybridized carbons (Fsp3) is 0.174. The Labute approximate surface area is 172 Å². The fourth-order valence-electron chi connectivity index (χ4n) is 3.48. The molecule has 0 unspecified atom stereocenters. The van der Waals surface area contributed by atoms with Crippen LogP contribution in [0.15, 0.2) is 48.5 Å². The number of halogens is 1. The molecular weight excluding hydrogens is 385 g/mol. The Balaban J connectivity index is 1.78. The molecule has 1 saturated heterocycles. The molecule has 0 radical (unpaired) electrons. The van der Waals surface area contributed by atoms with Crippen molar-refractivity contribution in [1.29, 1.82) is 0 Å². The molecule has 0 aliphatic carbocycles. The van der Waals surface area contributed by atoms with Gasteiger partial charge in [-0.25, -0.2) is 9.37 Å². The Hall–Kier alpha value is -3.76. The summed E-state index contributed by atoms with van der Waals surface area (Å²) in [5, 5.41) is 11.0. The summed E-state index contributed by atoms with van der Waals surface area (Å²) in [6.45, 7) is 0.437. The number of nitrogens with two attached hydrogens (primary N) is 1. The molecule has 0 spiro atoms. The molecule has 4 rings (SSSR count). The van der Waals surface area contributed by atoms with Crippen LogP contribution in [0.25, 0.3) is 22.0 Å². The number of benzene rings is 2. The van der Waals surface area contributed by atoms with E-state index in [-0.39, 0.29) is 17.5 Å². The van der Waals surface area contributed by atoms with Crippen molar-refractivity contribution < 1.29 is 19.1 Å². The maximum Gasteiger partial charge on any atom is 0.267 e. The van der Waals surface area contributed by atoms with Crippen LogP contribution >= 0.6 is 0 Å². The van der Waals surface area contributed by atoms with E-state index >= 15 is 0 Å². The van der Waals surface area contributed by atoms with Gasteiger partial charge in [0.15, 0.2) is 0 Å². The topological polar surface area (TPSA) is 96.5 Å². The van der Waals surface area contributed by atoms with Crippen LogP contribution in [-0.4, -0.2) is 46.0 Å². The number of carbonyl (C=O) groups excluding carboxylic acids is 2. The van der Waals surface area contributed by atoms with Crippen molar-refractivity contribution in [3.05, 3.63) is 65.6 Å². The number of primary amides is 1. The smallest absolute Gasteiger partial charge is 0.267 e. The lowest BCUT2D eigenvalue weighted by molar-refractivity contribution is -0.137. The molecule has 30 heavy (non-hydrogen) atoms. The SMILES string of the molecule is CN1CC[C@@](O)(C#Cc2cccc(-c3cc4c(F)cccc4c(C(N)=O)n3)c2)C1=O. The molecule has 1 atom stereocenters. The molecule has 3 aromatic rings. The summed E-state index contributed by atoms with van der Waals surface area (Å²) in [5.41, 5.74) is 5.23. The van der Waals surface area contributed by atoms with Gasteiger partial charge in [0.05, 0.1) is 5.69 Å². The monoisotopic (exact) mass is 403 g/mol. The average molecular weight is 403 g/mol. The van der Waals surface area contributed by atoms with E-state index in [2.05, 4.69) is 16.8 Å². The number of pyridine rings is 1. The quantitative estimate of drug-likeness (QED) is 0.641. The second-order valence-electron chi connectivity index (χ2n) is 7.22. The third-order valence-corrected chi connectivity index (χ3v) is 5.14. The molecule has 2 aromatic carbocycles. The molecule has 2 heterocycles. The molecule has 1 aromatic heterocycles. The second kappa shape index (κ2) is 7.25. The third-order valence-electron chi connectivity index (χ3n) is 5.14. The average Bonchev–Trinajstić information content (AvgIpc) is 3.00. The molecule has 150 valence electrons. The molecule has 7 heteroatoms. The highest BCUT2D eigenvalue weighted by Crippen LogP contribution is 2.27. The Morgan fingerprint density at radius 3 is 2.70 bits per heavy atom. The van der Waals surface area contributed by atoms with Gasteiger partial charge >= 0.3 is 0 Å². The van der Waals surface area contributed by atoms with Crippen molar-refractivity contribution in [2.45, 2.75) is 12.0 Å². The first-order chi connectivity index (χ1) is 14.3. The third kappa shape index (κ3) is 3.38.